The normalized spacial score (nSPS) is 17.3. The van der Waals surface area contributed by atoms with Gasteiger partial charge in [0.05, 0.1) is 39.0 Å². The lowest BCUT2D eigenvalue weighted by atomic mass is 9.95. The molecular formula is C30H37N3O8. The Morgan fingerprint density at radius 3 is 2.27 bits per heavy atom. The molecule has 2 aliphatic rings. The number of methoxy groups -OCH3 is 3. The highest BCUT2D eigenvalue weighted by Crippen LogP contribution is 2.50. The number of carboxylic acid groups (broad SMARTS) is 1. The van der Waals surface area contributed by atoms with Gasteiger partial charge in [0, 0.05) is 25.6 Å². The minimum atomic E-state index is -0.845. The Bertz CT molecular complexity index is 1400. The van der Waals surface area contributed by atoms with E-state index in [0.29, 0.717) is 67.1 Å². The molecule has 2 aromatic rings. The highest BCUT2D eigenvalue weighted by atomic mass is 16.5. The van der Waals surface area contributed by atoms with Crippen molar-refractivity contribution in [2.45, 2.75) is 51.6 Å². The largest absolute Gasteiger partial charge is 0.493 e. The maximum absolute atomic E-state index is 13.5. The van der Waals surface area contributed by atoms with Crippen molar-refractivity contribution in [1.29, 1.82) is 0 Å². The van der Waals surface area contributed by atoms with Gasteiger partial charge < -0.3 is 34.9 Å². The second kappa shape index (κ2) is 12.5. The average molecular weight is 568 g/mol. The molecule has 220 valence electrons. The maximum atomic E-state index is 13.5. The topological polar surface area (TPSA) is 144 Å². The smallest absolute Gasteiger partial charge is 0.306 e. The number of anilines is 1. The summed E-state index contributed by atoms with van der Waals surface area (Å²) in [5.41, 5.74) is 2.84. The van der Waals surface area contributed by atoms with Crippen LogP contribution in [0.25, 0.3) is 11.1 Å². The van der Waals surface area contributed by atoms with Crippen molar-refractivity contribution >= 4 is 23.5 Å². The molecule has 1 saturated heterocycles. The summed E-state index contributed by atoms with van der Waals surface area (Å²) in [6.07, 6.45) is 1.91. The third-order valence-electron chi connectivity index (χ3n) is 7.81. The Labute approximate surface area is 238 Å². The van der Waals surface area contributed by atoms with E-state index in [1.807, 2.05) is 6.07 Å². The Morgan fingerprint density at radius 1 is 1.00 bits per heavy atom. The number of likely N-dealkylation sites (tertiary alicyclic amines) is 1. The van der Waals surface area contributed by atoms with Gasteiger partial charge in [-0.15, -0.1) is 0 Å². The summed E-state index contributed by atoms with van der Waals surface area (Å²) in [6.45, 7) is 3.82. The summed E-state index contributed by atoms with van der Waals surface area (Å²) < 4.78 is 17.0. The standard InChI is InChI=1S/C30H37N3O8/c1-16(29(36)33-12-10-18(11-13-33)30(37)38)31-23-9-7-20-21(15-24(23)35)22(32-17(2)34)8-6-19-14-25(39-3)27(40-4)28(41-5)26(19)20/h7,9,14-16,18,22H,6,8,10-13H2,1-5H3,(H,31,35)(H,32,34)(H,37,38)/t16-,22-/m1/s1. The van der Waals surface area contributed by atoms with Crippen LogP contribution in [0.4, 0.5) is 5.69 Å². The van der Waals surface area contributed by atoms with E-state index in [-0.39, 0.29) is 22.9 Å². The Hall–Kier alpha value is -4.28. The molecule has 0 unspecified atom stereocenters. The molecule has 3 N–H and O–H groups in total. The first-order valence-electron chi connectivity index (χ1n) is 13.6. The van der Waals surface area contributed by atoms with Gasteiger partial charge >= 0.3 is 5.97 Å². The predicted molar refractivity (Wildman–Crippen MR) is 153 cm³/mol. The molecule has 2 atom stereocenters. The molecule has 4 rings (SSSR count). The van der Waals surface area contributed by atoms with E-state index in [1.54, 1.807) is 31.1 Å². The number of piperidine rings is 1. The summed E-state index contributed by atoms with van der Waals surface area (Å²) in [5.74, 6) is -0.353. The quantitative estimate of drug-likeness (QED) is 0.439. The number of nitrogens with one attached hydrogen (secondary N) is 2. The number of carboxylic acids is 1. The monoisotopic (exact) mass is 567 g/mol. The van der Waals surface area contributed by atoms with Crippen molar-refractivity contribution < 1.29 is 33.7 Å². The van der Waals surface area contributed by atoms with E-state index in [2.05, 4.69) is 10.6 Å². The molecule has 0 aromatic heterocycles. The third-order valence-corrected chi connectivity index (χ3v) is 7.81. The van der Waals surface area contributed by atoms with Crippen molar-refractivity contribution in [1.82, 2.24) is 10.2 Å². The molecule has 1 aliphatic carbocycles. The van der Waals surface area contributed by atoms with Crippen LogP contribution in [0, 0.1) is 5.92 Å². The number of rotatable bonds is 8. The number of fused-ring (bicyclic) bond motifs is 3. The molecule has 1 aliphatic heterocycles. The fourth-order valence-corrected chi connectivity index (χ4v) is 5.74. The van der Waals surface area contributed by atoms with Crippen LogP contribution < -0.4 is 30.3 Å². The van der Waals surface area contributed by atoms with E-state index in [0.717, 1.165) is 11.1 Å². The first-order chi connectivity index (χ1) is 19.6. The highest BCUT2D eigenvalue weighted by molar-refractivity contribution is 5.86. The summed E-state index contributed by atoms with van der Waals surface area (Å²) in [7, 11) is 4.61. The number of ether oxygens (including phenoxy) is 3. The zero-order valence-electron chi connectivity index (χ0n) is 24.0. The second-order valence-corrected chi connectivity index (χ2v) is 10.4. The first kappa shape index (κ1) is 29.7. The second-order valence-electron chi connectivity index (χ2n) is 10.4. The zero-order chi connectivity index (χ0) is 29.8. The molecule has 11 heteroatoms. The lowest BCUT2D eigenvalue weighted by Gasteiger charge is -2.32. The lowest BCUT2D eigenvalue weighted by Crippen LogP contribution is -2.46. The summed E-state index contributed by atoms with van der Waals surface area (Å²) >= 11 is 0. The van der Waals surface area contributed by atoms with Gasteiger partial charge in [0.2, 0.25) is 23.0 Å². The molecule has 1 heterocycles. The van der Waals surface area contributed by atoms with Gasteiger partial charge in [-0.05, 0) is 67.5 Å². The lowest BCUT2D eigenvalue weighted by molar-refractivity contribution is -0.145. The van der Waals surface area contributed by atoms with Crippen LogP contribution in [0.3, 0.4) is 0 Å². The van der Waals surface area contributed by atoms with E-state index < -0.39 is 24.0 Å². The molecule has 41 heavy (non-hydrogen) atoms. The van der Waals surface area contributed by atoms with Crippen LogP contribution in [0.5, 0.6) is 17.2 Å². The number of aliphatic carboxylic acids is 1. The van der Waals surface area contributed by atoms with Crippen LogP contribution in [0.2, 0.25) is 0 Å². The number of hydrogen-bond donors (Lipinski definition) is 3. The van der Waals surface area contributed by atoms with Gasteiger partial charge in [0.1, 0.15) is 6.04 Å². The van der Waals surface area contributed by atoms with Crippen molar-refractivity contribution in [2.75, 3.05) is 39.7 Å². The highest BCUT2D eigenvalue weighted by Gasteiger charge is 2.31. The Morgan fingerprint density at radius 2 is 1.68 bits per heavy atom. The van der Waals surface area contributed by atoms with Crippen LogP contribution in [0.15, 0.2) is 29.1 Å². The van der Waals surface area contributed by atoms with Crippen molar-refractivity contribution in [3.8, 4) is 28.4 Å². The first-order valence-corrected chi connectivity index (χ1v) is 13.6. The Balaban J connectivity index is 1.76. The number of aryl methyl sites for hydroxylation is 1. The molecule has 0 spiro atoms. The van der Waals surface area contributed by atoms with E-state index in [9.17, 15) is 24.3 Å². The molecule has 2 aromatic carbocycles. The number of carbonyl (C=O) groups is 3. The zero-order valence-corrected chi connectivity index (χ0v) is 24.0. The van der Waals surface area contributed by atoms with Gasteiger partial charge in [-0.25, -0.2) is 0 Å². The Kier molecular flexibility index (Phi) is 9.05. The average Bonchev–Trinajstić information content (AvgIpc) is 3.20. The van der Waals surface area contributed by atoms with Crippen molar-refractivity contribution in [3.05, 3.63) is 45.6 Å². The van der Waals surface area contributed by atoms with Crippen LogP contribution in [-0.2, 0) is 20.8 Å². The molecular weight excluding hydrogens is 530 g/mol. The number of benzene rings is 1. The van der Waals surface area contributed by atoms with Crippen LogP contribution in [0.1, 0.15) is 50.3 Å². The van der Waals surface area contributed by atoms with Gasteiger partial charge in [-0.3, -0.25) is 19.2 Å². The summed E-state index contributed by atoms with van der Waals surface area (Å²) in [4.78, 5) is 51.7. The summed E-state index contributed by atoms with van der Waals surface area (Å²) in [6, 6.07) is 5.65. The fourth-order valence-electron chi connectivity index (χ4n) is 5.74. The van der Waals surface area contributed by atoms with Gasteiger partial charge in [0.25, 0.3) is 0 Å². The minimum Gasteiger partial charge on any atom is -0.493 e. The molecule has 1 fully saturated rings. The molecule has 2 amide bonds. The molecule has 0 radical (unpaired) electrons. The van der Waals surface area contributed by atoms with Crippen molar-refractivity contribution in [2.24, 2.45) is 5.92 Å². The predicted octanol–water partition coefficient (Wildman–Crippen LogP) is 2.99. The maximum Gasteiger partial charge on any atom is 0.306 e. The SMILES string of the molecule is COc1cc2c(c(OC)c1OC)-c1ccc(N[C@H](C)C(=O)N3CCC(C(=O)O)CC3)c(=O)cc1[C@H](NC(C)=O)CC2. The van der Waals surface area contributed by atoms with Crippen LogP contribution in [-0.4, -0.2) is 68.3 Å². The van der Waals surface area contributed by atoms with Crippen molar-refractivity contribution in [3.63, 3.8) is 0 Å². The van der Waals surface area contributed by atoms with Gasteiger partial charge in [0.15, 0.2) is 11.5 Å². The molecule has 0 saturated carbocycles. The van der Waals surface area contributed by atoms with Gasteiger partial charge in [-0.1, -0.05) is 6.07 Å². The molecule has 0 bridgehead atoms. The van der Waals surface area contributed by atoms with E-state index in [1.165, 1.54) is 27.2 Å². The van der Waals surface area contributed by atoms with E-state index in [4.69, 9.17) is 14.2 Å². The van der Waals surface area contributed by atoms with E-state index >= 15 is 0 Å². The number of amides is 2. The number of nitrogens with zero attached hydrogens (tertiary/aromatic N) is 1. The van der Waals surface area contributed by atoms with Gasteiger partial charge in [-0.2, -0.15) is 0 Å². The van der Waals surface area contributed by atoms with Crippen LogP contribution >= 0.6 is 0 Å². The molecule has 11 nitrogen and oxygen atoms in total. The third kappa shape index (κ3) is 6.08. The fraction of sp³-hybridized carbons (Fsp3) is 0.467. The minimum absolute atomic E-state index is 0.207. The summed E-state index contributed by atoms with van der Waals surface area (Å²) in [5, 5.41) is 15.3. The number of hydrogen-bond acceptors (Lipinski definition) is 8. The number of carbonyl (C=O) groups excluding carboxylic acids is 2.